The molecule has 2 rings (SSSR count). The predicted octanol–water partition coefficient (Wildman–Crippen LogP) is 2.89. The normalized spacial score (nSPS) is 20.2. The van der Waals surface area contributed by atoms with Crippen LogP contribution in [0, 0.1) is 5.92 Å². The molecule has 4 heteroatoms. The van der Waals surface area contributed by atoms with Gasteiger partial charge in [-0.15, -0.1) is 0 Å². The van der Waals surface area contributed by atoms with Crippen LogP contribution in [0.5, 0.6) is 0 Å². The van der Waals surface area contributed by atoms with Gasteiger partial charge in [-0.25, -0.2) is 0 Å². The van der Waals surface area contributed by atoms with E-state index in [9.17, 15) is 0 Å². The molecular formula is C12H18N2OS. The lowest BCUT2D eigenvalue weighted by Gasteiger charge is -2.10. The summed E-state index contributed by atoms with van der Waals surface area (Å²) in [5, 5.41) is 5.08. The standard InChI is InChI=1S/C12H18N2OS/c1-9(2)5-11-7-14-12(16-11)13-6-10-3-4-15-8-10/h3-4,8-9,11H,5-7H2,1-2H3,(H,13,14). The zero-order valence-corrected chi connectivity index (χ0v) is 10.6. The van der Waals surface area contributed by atoms with Gasteiger partial charge in [0, 0.05) is 17.4 Å². The topological polar surface area (TPSA) is 37.5 Å². The van der Waals surface area contributed by atoms with Crippen molar-refractivity contribution >= 4 is 16.9 Å². The van der Waals surface area contributed by atoms with Gasteiger partial charge in [0.1, 0.15) is 0 Å². The molecule has 0 saturated carbocycles. The first-order chi connectivity index (χ1) is 7.74. The highest BCUT2D eigenvalue weighted by Gasteiger charge is 2.20. The van der Waals surface area contributed by atoms with Crippen molar-refractivity contribution in [1.82, 2.24) is 5.32 Å². The average Bonchev–Trinajstić information content (AvgIpc) is 2.84. The lowest BCUT2D eigenvalue weighted by molar-refractivity contribution is 0.563. The van der Waals surface area contributed by atoms with E-state index in [1.807, 2.05) is 17.8 Å². The minimum atomic E-state index is 0.659. The Labute approximate surface area is 101 Å². The van der Waals surface area contributed by atoms with E-state index in [2.05, 4.69) is 24.2 Å². The van der Waals surface area contributed by atoms with Gasteiger partial charge in [0.05, 0.1) is 19.1 Å². The quantitative estimate of drug-likeness (QED) is 0.876. The van der Waals surface area contributed by atoms with Gasteiger partial charge in [0.15, 0.2) is 5.17 Å². The third kappa shape index (κ3) is 3.30. The van der Waals surface area contributed by atoms with E-state index < -0.39 is 0 Å². The molecule has 88 valence electrons. The van der Waals surface area contributed by atoms with Crippen LogP contribution in [0.25, 0.3) is 0 Å². The minimum absolute atomic E-state index is 0.659. The van der Waals surface area contributed by atoms with Crippen LogP contribution in [0.15, 0.2) is 28.0 Å². The number of nitrogens with zero attached hydrogens (tertiary/aromatic N) is 1. The Morgan fingerprint density at radius 1 is 1.62 bits per heavy atom. The lowest BCUT2D eigenvalue weighted by Crippen LogP contribution is -2.18. The lowest BCUT2D eigenvalue weighted by atomic mass is 10.1. The van der Waals surface area contributed by atoms with Crippen molar-refractivity contribution in [2.75, 3.05) is 6.54 Å². The predicted molar refractivity (Wildman–Crippen MR) is 68.7 cm³/mol. The van der Waals surface area contributed by atoms with Gasteiger partial charge in [-0.2, -0.15) is 0 Å². The Balaban J connectivity index is 1.72. The van der Waals surface area contributed by atoms with Gasteiger partial charge in [0.2, 0.25) is 0 Å². The molecule has 3 nitrogen and oxygen atoms in total. The van der Waals surface area contributed by atoms with E-state index in [1.54, 1.807) is 12.5 Å². The molecule has 16 heavy (non-hydrogen) atoms. The van der Waals surface area contributed by atoms with Crippen molar-refractivity contribution in [3.8, 4) is 0 Å². The Bertz CT molecular complexity index is 346. The maximum Gasteiger partial charge on any atom is 0.157 e. The van der Waals surface area contributed by atoms with Crippen molar-refractivity contribution in [2.45, 2.75) is 32.1 Å². The van der Waals surface area contributed by atoms with Crippen LogP contribution in [-0.4, -0.2) is 17.0 Å². The number of furan rings is 1. The fourth-order valence-corrected chi connectivity index (χ4v) is 2.98. The van der Waals surface area contributed by atoms with Crippen LogP contribution in [-0.2, 0) is 6.54 Å². The molecule has 1 atom stereocenters. The van der Waals surface area contributed by atoms with Gasteiger partial charge in [-0.1, -0.05) is 25.6 Å². The third-order valence-corrected chi connectivity index (χ3v) is 3.65. The SMILES string of the molecule is CC(C)CC1CN=C(NCc2ccoc2)S1. The van der Waals surface area contributed by atoms with Crippen molar-refractivity contribution in [3.05, 3.63) is 24.2 Å². The molecule has 0 aromatic carbocycles. The van der Waals surface area contributed by atoms with Crippen LogP contribution in [0.1, 0.15) is 25.8 Å². The molecule has 2 heterocycles. The summed E-state index contributed by atoms with van der Waals surface area (Å²) in [5.41, 5.74) is 1.16. The third-order valence-electron chi connectivity index (χ3n) is 2.47. The molecule has 1 aromatic heterocycles. The van der Waals surface area contributed by atoms with E-state index in [-0.39, 0.29) is 0 Å². The summed E-state index contributed by atoms with van der Waals surface area (Å²) in [5.74, 6) is 0.751. The van der Waals surface area contributed by atoms with E-state index in [4.69, 9.17) is 4.42 Å². The summed E-state index contributed by atoms with van der Waals surface area (Å²) in [6, 6.07) is 1.97. The van der Waals surface area contributed by atoms with Crippen LogP contribution in [0.4, 0.5) is 0 Å². The summed E-state index contributed by atoms with van der Waals surface area (Å²) < 4.78 is 5.02. The highest BCUT2D eigenvalue weighted by molar-refractivity contribution is 8.14. The summed E-state index contributed by atoms with van der Waals surface area (Å²) in [7, 11) is 0. The van der Waals surface area contributed by atoms with Gasteiger partial charge in [0.25, 0.3) is 0 Å². The second kappa shape index (κ2) is 5.43. The molecular weight excluding hydrogens is 220 g/mol. The van der Waals surface area contributed by atoms with Crippen molar-refractivity contribution in [3.63, 3.8) is 0 Å². The Kier molecular flexibility index (Phi) is 3.93. The van der Waals surface area contributed by atoms with Crippen molar-refractivity contribution < 1.29 is 4.42 Å². The Morgan fingerprint density at radius 3 is 3.19 bits per heavy atom. The van der Waals surface area contributed by atoms with E-state index >= 15 is 0 Å². The monoisotopic (exact) mass is 238 g/mol. The summed E-state index contributed by atoms with van der Waals surface area (Å²) in [6.45, 7) is 6.28. The molecule has 1 unspecified atom stereocenters. The summed E-state index contributed by atoms with van der Waals surface area (Å²) in [6.07, 6.45) is 4.70. The zero-order valence-electron chi connectivity index (χ0n) is 9.77. The number of hydrogen-bond donors (Lipinski definition) is 1. The molecule has 0 aliphatic carbocycles. The number of aliphatic imine (C=N–C) groups is 1. The summed E-state index contributed by atoms with van der Waals surface area (Å²) in [4.78, 5) is 4.51. The van der Waals surface area contributed by atoms with E-state index in [0.29, 0.717) is 5.25 Å². The Hall–Kier alpha value is -0.900. The van der Waals surface area contributed by atoms with Gasteiger partial charge >= 0.3 is 0 Å². The number of rotatable bonds is 4. The van der Waals surface area contributed by atoms with Crippen LogP contribution >= 0.6 is 11.8 Å². The molecule has 1 N–H and O–H groups in total. The molecule has 0 bridgehead atoms. The molecule has 1 aliphatic heterocycles. The van der Waals surface area contributed by atoms with Crippen LogP contribution < -0.4 is 5.32 Å². The second-order valence-electron chi connectivity index (χ2n) is 4.50. The molecule has 0 radical (unpaired) electrons. The maximum atomic E-state index is 5.02. The fourth-order valence-electron chi connectivity index (χ4n) is 1.73. The molecule has 0 fully saturated rings. The van der Waals surface area contributed by atoms with Gasteiger partial charge in [-0.05, 0) is 18.4 Å². The van der Waals surface area contributed by atoms with E-state index in [0.717, 1.165) is 29.7 Å². The van der Waals surface area contributed by atoms with Crippen LogP contribution in [0.2, 0.25) is 0 Å². The first-order valence-electron chi connectivity index (χ1n) is 5.70. The van der Waals surface area contributed by atoms with Gasteiger partial charge < -0.3 is 9.73 Å². The number of thioether (sulfide) groups is 1. The summed E-state index contributed by atoms with van der Waals surface area (Å²) >= 11 is 1.87. The smallest absolute Gasteiger partial charge is 0.157 e. The second-order valence-corrected chi connectivity index (χ2v) is 5.79. The largest absolute Gasteiger partial charge is 0.472 e. The molecule has 0 spiro atoms. The number of nitrogens with one attached hydrogen (secondary N) is 1. The number of amidine groups is 1. The molecule has 1 aromatic rings. The molecule has 1 aliphatic rings. The molecule has 0 saturated heterocycles. The van der Waals surface area contributed by atoms with Crippen molar-refractivity contribution in [1.29, 1.82) is 0 Å². The molecule has 0 amide bonds. The Morgan fingerprint density at radius 2 is 2.50 bits per heavy atom. The van der Waals surface area contributed by atoms with E-state index in [1.165, 1.54) is 6.42 Å². The van der Waals surface area contributed by atoms with Crippen molar-refractivity contribution in [2.24, 2.45) is 10.9 Å². The first-order valence-corrected chi connectivity index (χ1v) is 6.58. The van der Waals surface area contributed by atoms with Gasteiger partial charge in [-0.3, -0.25) is 4.99 Å². The van der Waals surface area contributed by atoms with Crippen LogP contribution in [0.3, 0.4) is 0 Å². The minimum Gasteiger partial charge on any atom is -0.472 e. The maximum absolute atomic E-state index is 5.02. The highest BCUT2D eigenvalue weighted by atomic mass is 32.2. The zero-order chi connectivity index (χ0) is 11.4. The average molecular weight is 238 g/mol. The number of hydrogen-bond acceptors (Lipinski definition) is 4. The highest BCUT2D eigenvalue weighted by Crippen LogP contribution is 2.25. The first kappa shape index (κ1) is 11.6. The fraction of sp³-hybridized carbons (Fsp3) is 0.583.